The second-order valence-electron chi connectivity index (χ2n) is 5.71. The van der Waals surface area contributed by atoms with Crippen molar-refractivity contribution in [3.05, 3.63) is 18.2 Å². The fourth-order valence-electron chi connectivity index (χ4n) is 2.62. The van der Waals surface area contributed by atoms with Crippen LogP contribution in [0.15, 0.2) is 18.2 Å². The number of anilines is 1. The maximum atomic E-state index is 12.1. The summed E-state index contributed by atoms with van der Waals surface area (Å²) in [5.74, 6) is 1.57. The molecule has 1 fully saturated rings. The molecule has 8 heteroatoms. The summed E-state index contributed by atoms with van der Waals surface area (Å²) in [5, 5.41) is 5.23. The second-order valence-corrected chi connectivity index (χ2v) is 6.93. The summed E-state index contributed by atoms with van der Waals surface area (Å²) in [7, 11) is 4.67. The second kappa shape index (κ2) is 8.96. The van der Waals surface area contributed by atoms with Gasteiger partial charge in [-0.05, 0) is 36.5 Å². The van der Waals surface area contributed by atoms with Crippen LogP contribution < -0.4 is 20.1 Å². The van der Waals surface area contributed by atoms with Crippen LogP contribution in [-0.2, 0) is 14.3 Å². The first kappa shape index (κ1) is 19.4. The first-order valence-electron chi connectivity index (χ1n) is 7.97. The van der Waals surface area contributed by atoms with Crippen molar-refractivity contribution in [3.63, 3.8) is 0 Å². The Morgan fingerprint density at radius 1 is 1.08 bits per heavy atom. The zero-order chi connectivity index (χ0) is 18.3. The fourth-order valence-corrected chi connectivity index (χ4v) is 3.86. The molecule has 2 amide bonds. The third-order valence-electron chi connectivity index (χ3n) is 4.26. The van der Waals surface area contributed by atoms with E-state index in [-0.39, 0.29) is 5.60 Å². The van der Waals surface area contributed by atoms with E-state index in [0.717, 1.165) is 24.3 Å². The Morgan fingerprint density at radius 2 is 1.76 bits per heavy atom. The molecule has 0 atom stereocenters. The molecular weight excluding hydrogens is 344 g/mol. The summed E-state index contributed by atoms with van der Waals surface area (Å²) in [5.41, 5.74) is 0.0677. The number of hydrogen-bond donors (Lipinski definition) is 2. The number of nitrogens with one attached hydrogen (secondary N) is 2. The lowest BCUT2D eigenvalue weighted by atomic mass is 9.96. The number of hydrogen-bond acceptors (Lipinski definition) is 6. The largest absolute Gasteiger partial charge is 0.493 e. The van der Waals surface area contributed by atoms with Gasteiger partial charge in [0, 0.05) is 25.4 Å². The van der Waals surface area contributed by atoms with E-state index in [0.29, 0.717) is 23.7 Å². The van der Waals surface area contributed by atoms with Crippen LogP contribution in [0.25, 0.3) is 0 Å². The third kappa shape index (κ3) is 5.02. The first-order valence-corrected chi connectivity index (χ1v) is 9.13. The molecule has 138 valence electrons. The topological polar surface area (TPSA) is 85.9 Å². The van der Waals surface area contributed by atoms with Gasteiger partial charge in [0.25, 0.3) is 0 Å². The van der Waals surface area contributed by atoms with Crippen molar-refractivity contribution in [2.45, 2.75) is 18.4 Å². The lowest BCUT2D eigenvalue weighted by Crippen LogP contribution is -2.49. The van der Waals surface area contributed by atoms with E-state index in [1.807, 2.05) is 11.8 Å². The van der Waals surface area contributed by atoms with Crippen LogP contribution in [0, 0.1) is 0 Å². The maximum Gasteiger partial charge on any atom is 0.313 e. The minimum Gasteiger partial charge on any atom is -0.493 e. The minimum absolute atomic E-state index is 0.322. The Kier molecular flexibility index (Phi) is 6.95. The number of amides is 2. The molecule has 2 rings (SSSR count). The molecule has 1 saturated heterocycles. The van der Waals surface area contributed by atoms with Gasteiger partial charge in [-0.2, -0.15) is 11.8 Å². The van der Waals surface area contributed by atoms with Gasteiger partial charge in [-0.1, -0.05) is 0 Å². The van der Waals surface area contributed by atoms with Crippen molar-refractivity contribution >= 4 is 29.3 Å². The highest BCUT2D eigenvalue weighted by molar-refractivity contribution is 7.99. The van der Waals surface area contributed by atoms with Gasteiger partial charge in [0.15, 0.2) is 11.5 Å². The molecule has 1 aliphatic rings. The molecule has 0 aromatic heterocycles. The Hall–Kier alpha value is -1.93. The Morgan fingerprint density at radius 3 is 2.36 bits per heavy atom. The van der Waals surface area contributed by atoms with Crippen molar-refractivity contribution in [1.82, 2.24) is 5.32 Å². The van der Waals surface area contributed by atoms with Gasteiger partial charge in [-0.25, -0.2) is 0 Å². The minimum atomic E-state index is -0.733. The molecule has 0 radical (unpaired) electrons. The van der Waals surface area contributed by atoms with Crippen molar-refractivity contribution in [1.29, 1.82) is 0 Å². The van der Waals surface area contributed by atoms with E-state index in [1.165, 1.54) is 14.2 Å². The molecule has 1 aliphatic heterocycles. The monoisotopic (exact) mass is 368 g/mol. The Labute approximate surface area is 151 Å². The summed E-state index contributed by atoms with van der Waals surface area (Å²) >= 11 is 1.87. The number of rotatable bonds is 6. The molecule has 2 N–H and O–H groups in total. The fraction of sp³-hybridized carbons (Fsp3) is 0.529. The van der Waals surface area contributed by atoms with E-state index in [1.54, 1.807) is 25.3 Å². The van der Waals surface area contributed by atoms with Crippen LogP contribution in [0.1, 0.15) is 12.8 Å². The average Bonchev–Trinajstić information content (AvgIpc) is 2.66. The molecular formula is C17H24N2O5S. The van der Waals surface area contributed by atoms with Crippen LogP contribution >= 0.6 is 11.8 Å². The van der Waals surface area contributed by atoms with Crippen LogP contribution in [0.5, 0.6) is 11.5 Å². The molecule has 0 aliphatic carbocycles. The average molecular weight is 368 g/mol. The molecule has 0 saturated carbocycles. The van der Waals surface area contributed by atoms with Gasteiger partial charge < -0.3 is 24.8 Å². The standard InChI is InChI=1S/C17H24N2O5S/c1-22-13-5-4-12(10-14(13)23-2)19-16(21)15(20)18-11-17(24-3)6-8-25-9-7-17/h4-5,10H,6-9,11H2,1-3H3,(H,18,20)(H,19,21). The molecule has 1 aromatic rings. The number of ether oxygens (including phenoxy) is 3. The summed E-state index contributed by atoms with van der Waals surface area (Å²) in [6, 6.07) is 4.90. The Balaban J connectivity index is 1.93. The van der Waals surface area contributed by atoms with Gasteiger partial charge in [0.1, 0.15) is 0 Å². The highest BCUT2D eigenvalue weighted by atomic mass is 32.2. The number of carbonyl (C=O) groups is 2. The summed E-state index contributed by atoms with van der Waals surface area (Å²) < 4.78 is 15.9. The van der Waals surface area contributed by atoms with E-state index in [2.05, 4.69) is 10.6 Å². The predicted octanol–water partition coefficient (Wildman–Crippen LogP) is 1.67. The third-order valence-corrected chi connectivity index (χ3v) is 5.24. The van der Waals surface area contributed by atoms with Gasteiger partial charge in [-0.3, -0.25) is 9.59 Å². The zero-order valence-electron chi connectivity index (χ0n) is 14.7. The summed E-state index contributed by atoms with van der Waals surface area (Å²) in [6.45, 7) is 0.322. The van der Waals surface area contributed by atoms with E-state index in [9.17, 15) is 9.59 Å². The van der Waals surface area contributed by atoms with Gasteiger partial charge >= 0.3 is 11.8 Å². The lowest BCUT2D eigenvalue weighted by Gasteiger charge is -2.35. The SMILES string of the molecule is COc1ccc(NC(=O)C(=O)NCC2(OC)CCSCC2)cc1OC. The van der Waals surface area contributed by atoms with Crippen molar-refractivity contribution < 1.29 is 23.8 Å². The number of benzene rings is 1. The number of carbonyl (C=O) groups excluding carboxylic acids is 2. The molecule has 7 nitrogen and oxygen atoms in total. The predicted molar refractivity (Wildman–Crippen MR) is 97.5 cm³/mol. The Bertz CT molecular complexity index is 617. The van der Waals surface area contributed by atoms with Crippen molar-refractivity contribution in [2.75, 3.05) is 44.7 Å². The number of methoxy groups -OCH3 is 3. The van der Waals surface area contributed by atoms with Gasteiger partial charge in [-0.15, -0.1) is 0 Å². The highest BCUT2D eigenvalue weighted by Gasteiger charge is 2.33. The summed E-state index contributed by atoms with van der Waals surface area (Å²) in [6.07, 6.45) is 1.71. The molecule has 1 aromatic carbocycles. The summed E-state index contributed by atoms with van der Waals surface area (Å²) in [4.78, 5) is 24.2. The van der Waals surface area contributed by atoms with Crippen molar-refractivity contribution in [2.24, 2.45) is 0 Å². The molecule has 0 bridgehead atoms. The van der Waals surface area contributed by atoms with E-state index >= 15 is 0 Å². The van der Waals surface area contributed by atoms with E-state index in [4.69, 9.17) is 14.2 Å². The number of thioether (sulfide) groups is 1. The van der Waals surface area contributed by atoms with Crippen LogP contribution in [0.4, 0.5) is 5.69 Å². The van der Waals surface area contributed by atoms with Gasteiger partial charge in [0.2, 0.25) is 0 Å². The maximum absolute atomic E-state index is 12.1. The van der Waals surface area contributed by atoms with Crippen LogP contribution in [-0.4, -0.2) is 56.8 Å². The normalized spacial score (nSPS) is 16.0. The van der Waals surface area contributed by atoms with Crippen molar-refractivity contribution in [3.8, 4) is 11.5 Å². The van der Waals surface area contributed by atoms with Gasteiger partial charge in [0.05, 0.1) is 19.8 Å². The zero-order valence-corrected chi connectivity index (χ0v) is 15.5. The first-order chi connectivity index (χ1) is 12.0. The molecule has 0 unspecified atom stereocenters. The smallest absolute Gasteiger partial charge is 0.313 e. The lowest BCUT2D eigenvalue weighted by molar-refractivity contribution is -0.137. The molecule has 1 heterocycles. The van der Waals surface area contributed by atoms with Crippen LogP contribution in [0.3, 0.4) is 0 Å². The molecule has 0 spiro atoms. The van der Waals surface area contributed by atoms with E-state index < -0.39 is 11.8 Å². The van der Waals surface area contributed by atoms with Crippen LogP contribution in [0.2, 0.25) is 0 Å². The molecule has 25 heavy (non-hydrogen) atoms. The quantitative estimate of drug-likeness (QED) is 0.743. The highest BCUT2D eigenvalue weighted by Crippen LogP contribution is 2.30.